The summed E-state index contributed by atoms with van der Waals surface area (Å²) < 4.78 is 10.5. The van der Waals surface area contributed by atoms with Crippen molar-refractivity contribution in [3.05, 3.63) is 29.3 Å². The molecule has 0 N–H and O–H groups in total. The highest BCUT2D eigenvalue weighted by Gasteiger charge is 2.11. The molecule has 0 aromatic heterocycles. The summed E-state index contributed by atoms with van der Waals surface area (Å²) in [6.45, 7) is 2.74. The van der Waals surface area contributed by atoms with E-state index >= 15 is 0 Å². The monoisotopic (exact) mass is 168 g/mol. The van der Waals surface area contributed by atoms with Crippen molar-refractivity contribution in [2.75, 3.05) is 0 Å². The van der Waals surface area contributed by atoms with Crippen LogP contribution in [0.25, 0.3) is 0 Å². The molecule has 0 aliphatic carbocycles. The molecule has 11 heavy (non-hydrogen) atoms. The van der Waals surface area contributed by atoms with E-state index in [0.29, 0.717) is 6.61 Å². The molecular formula is C8H9O2P. The van der Waals surface area contributed by atoms with Crippen LogP contribution < -0.4 is 4.52 Å². The van der Waals surface area contributed by atoms with Crippen molar-refractivity contribution >= 4 is 9.03 Å². The highest BCUT2D eigenvalue weighted by Crippen LogP contribution is 2.35. The summed E-state index contributed by atoms with van der Waals surface area (Å²) in [5, 5.41) is 0. The standard InChI is InChI=1S/C8H9O2P/c1-6-3-2-4-7-5-9-11-10-8(6)7/h2-4,11H,5H2,1H3. The molecule has 1 aromatic rings. The topological polar surface area (TPSA) is 18.5 Å². The van der Waals surface area contributed by atoms with Gasteiger partial charge in [-0.3, -0.25) is 0 Å². The predicted molar refractivity (Wildman–Crippen MR) is 44.9 cm³/mol. The number of fused-ring (bicyclic) bond motifs is 1. The zero-order valence-electron chi connectivity index (χ0n) is 6.26. The largest absolute Gasteiger partial charge is 0.449 e. The molecule has 0 saturated heterocycles. The summed E-state index contributed by atoms with van der Waals surface area (Å²) >= 11 is 0. The maximum atomic E-state index is 5.36. The average molecular weight is 168 g/mol. The molecule has 0 fully saturated rings. The van der Waals surface area contributed by atoms with Crippen molar-refractivity contribution < 1.29 is 9.05 Å². The van der Waals surface area contributed by atoms with Crippen LogP contribution in [0, 0.1) is 6.92 Å². The molecule has 1 heterocycles. The summed E-state index contributed by atoms with van der Waals surface area (Å²) in [6.07, 6.45) is 0. The lowest BCUT2D eigenvalue weighted by Gasteiger charge is -2.17. The van der Waals surface area contributed by atoms with E-state index in [9.17, 15) is 0 Å². The normalized spacial score (nSPS) is 17.5. The molecule has 58 valence electrons. The summed E-state index contributed by atoms with van der Waals surface area (Å²) in [4.78, 5) is 0. The summed E-state index contributed by atoms with van der Waals surface area (Å²) in [7, 11) is 0.165. The van der Waals surface area contributed by atoms with Crippen LogP contribution in [0.15, 0.2) is 18.2 Å². The molecule has 1 atom stereocenters. The lowest BCUT2D eigenvalue weighted by Crippen LogP contribution is -1.98. The van der Waals surface area contributed by atoms with Gasteiger partial charge in [0.1, 0.15) is 5.75 Å². The third-order valence-electron chi connectivity index (χ3n) is 1.72. The van der Waals surface area contributed by atoms with Crippen LogP contribution in [0.2, 0.25) is 0 Å². The van der Waals surface area contributed by atoms with E-state index in [2.05, 4.69) is 13.0 Å². The van der Waals surface area contributed by atoms with Crippen LogP contribution >= 0.6 is 9.03 Å². The molecule has 3 heteroatoms. The Bertz CT molecular complexity index is 273. The second-order valence-electron chi connectivity index (χ2n) is 2.54. The number of hydrogen-bond acceptors (Lipinski definition) is 2. The molecule has 0 radical (unpaired) electrons. The maximum absolute atomic E-state index is 5.36. The minimum Gasteiger partial charge on any atom is -0.449 e. The molecular weight excluding hydrogens is 159 g/mol. The Morgan fingerprint density at radius 3 is 3.18 bits per heavy atom. The number of aryl methyl sites for hydroxylation is 1. The molecule has 1 aromatic carbocycles. The molecule has 0 spiro atoms. The van der Waals surface area contributed by atoms with Crippen LogP contribution in [0.4, 0.5) is 0 Å². The minimum atomic E-state index is 0.165. The van der Waals surface area contributed by atoms with Crippen molar-refractivity contribution in [2.45, 2.75) is 13.5 Å². The molecule has 2 nitrogen and oxygen atoms in total. The van der Waals surface area contributed by atoms with E-state index < -0.39 is 0 Å². The van der Waals surface area contributed by atoms with Crippen LogP contribution in [-0.2, 0) is 11.1 Å². The molecule has 0 bridgehead atoms. The first-order chi connectivity index (χ1) is 5.38. The number of rotatable bonds is 0. The highest BCUT2D eigenvalue weighted by atomic mass is 31.1. The first-order valence-electron chi connectivity index (χ1n) is 3.50. The van der Waals surface area contributed by atoms with E-state index in [-0.39, 0.29) is 9.03 Å². The van der Waals surface area contributed by atoms with E-state index in [0.717, 1.165) is 11.3 Å². The van der Waals surface area contributed by atoms with Gasteiger partial charge in [0.15, 0.2) is 0 Å². The van der Waals surface area contributed by atoms with Gasteiger partial charge < -0.3 is 9.05 Å². The first kappa shape index (κ1) is 7.08. The van der Waals surface area contributed by atoms with E-state index in [1.165, 1.54) is 5.56 Å². The van der Waals surface area contributed by atoms with Crippen molar-refractivity contribution in [3.8, 4) is 5.75 Å². The van der Waals surface area contributed by atoms with E-state index in [1.807, 2.05) is 12.1 Å². The zero-order chi connectivity index (χ0) is 7.68. The third kappa shape index (κ3) is 1.24. The Morgan fingerprint density at radius 1 is 1.45 bits per heavy atom. The Balaban J connectivity index is 2.49. The number of para-hydroxylation sites is 1. The number of hydrogen-bond donors (Lipinski definition) is 0. The summed E-state index contributed by atoms with van der Waals surface area (Å²) in [5.74, 6) is 1.01. The average Bonchev–Trinajstić information content (AvgIpc) is 2.06. The smallest absolute Gasteiger partial charge is 0.215 e. The first-order valence-corrected chi connectivity index (χ1v) is 4.32. The Labute approximate surface area is 67.5 Å². The maximum Gasteiger partial charge on any atom is 0.215 e. The summed E-state index contributed by atoms with van der Waals surface area (Å²) in [5.41, 5.74) is 2.35. The lowest BCUT2D eigenvalue weighted by atomic mass is 10.1. The van der Waals surface area contributed by atoms with Crippen LogP contribution in [-0.4, -0.2) is 0 Å². The third-order valence-corrected chi connectivity index (χ3v) is 2.27. The van der Waals surface area contributed by atoms with Gasteiger partial charge in [-0.2, -0.15) is 0 Å². The van der Waals surface area contributed by atoms with Gasteiger partial charge in [-0.15, -0.1) is 0 Å². The Kier molecular flexibility index (Phi) is 1.80. The molecule has 1 unspecified atom stereocenters. The van der Waals surface area contributed by atoms with Crippen LogP contribution in [0.5, 0.6) is 5.75 Å². The quantitative estimate of drug-likeness (QED) is 0.554. The van der Waals surface area contributed by atoms with Gasteiger partial charge in [0.05, 0.1) is 6.61 Å². The fraction of sp³-hybridized carbons (Fsp3) is 0.250. The molecule has 0 saturated carbocycles. The van der Waals surface area contributed by atoms with Gasteiger partial charge in [-0.25, -0.2) is 0 Å². The molecule has 0 amide bonds. The fourth-order valence-corrected chi connectivity index (χ4v) is 1.80. The lowest BCUT2D eigenvalue weighted by molar-refractivity contribution is 0.293. The van der Waals surface area contributed by atoms with Crippen molar-refractivity contribution in [3.63, 3.8) is 0 Å². The van der Waals surface area contributed by atoms with Crippen LogP contribution in [0.1, 0.15) is 11.1 Å². The molecule has 2 rings (SSSR count). The summed E-state index contributed by atoms with van der Waals surface area (Å²) in [6, 6.07) is 6.11. The predicted octanol–water partition coefficient (Wildman–Crippen LogP) is 2.41. The highest BCUT2D eigenvalue weighted by molar-refractivity contribution is 7.26. The van der Waals surface area contributed by atoms with Gasteiger partial charge in [0.2, 0.25) is 9.03 Å². The zero-order valence-corrected chi connectivity index (χ0v) is 7.26. The Hall–Kier alpha value is -0.590. The van der Waals surface area contributed by atoms with E-state index in [1.54, 1.807) is 0 Å². The fourth-order valence-electron chi connectivity index (χ4n) is 1.15. The minimum absolute atomic E-state index is 0.165. The SMILES string of the molecule is Cc1cccc2c1OPOC2. The Morgan fingerprint density at radius 2 is 2.36 bits per heavy atom. The van der Waals surface area contributed by atoms with Gasteiger partial charge in [-0.1, -0.05) is 18.2 Å². The van der Waals surface area contributed by atoms with Gasteiger partial charge in [0.25, 0.3) is 0 Å². The molecule has 1 aliphatic rings. The second-order valence-corrected chi connectivity index (χ2v) is 3.20. The van der Waals surface area contributed by atoms with Gasteiger partial charge in [0, 0.05) is 5.56 Å². The van der Waals surface area contributed by atoms with Gasteiger partial charge in [-0.05, 0) is 12.5 Å². The van der Waals surface area contributed by atoms with Crippen molar-refractivity contribution in [1.82, 2.24) is 0 Å². The number of benzene rings is 1. The van der Waals surface area contributed by atoms with Crippen LogP contribution in [0.3, 0.4) is 0 Å². The van der Waals surface area contributed by atoms with Crippen molar-refractivity contribution in [1.29, 1.82) is 0 Å². The second kappa shape index (κ2) is 2.80. The van der Waals surface area contributed by atoms with E-state index in [4.69, 9.17) is 9.05 Å². The van der Waals surface area contributed by atoms with Crippen molar-refractivity contribution in [2.24, 2.45) is 0 Å². The van der Waals surface area contributed by atoms with Gasteiger partial charge >= 0.3 is 0 Å². The molecule has 1 aliphatic heterocycles.